The standard InChI is InChI=1S/C31H44N6O11/c1-18(38)9-11-23-29(43)35-22(8-6-7-14-32-30(44)48-31(3,4)5)28(42)36-24(27(41)33-17-19(2)39)13-15-47-25-12-10-20(37(45)46)16-21(25)26(40)34-23/h10,12,16,22-24H,6-9,11,13-15,17H2,1-5H3,(H,32,44)(H,33,41)(H,34,40)(H,35,43)(H,36,42)/t22?,23?,24-/m0/s1. The van der Waals surface area contributed by atoms with Crippen LogP contribution in [0.15, 0.2) is 18.2 Å². The number of Topliss-reactive ketones (excluding diaryl/α,β-unsaturated/α-hetero) is 2. The van der Waals surface area contributed by atoms with E-state index < -0.39 is 64.1 Å². The molecule has 0 saturated carbocycles. The smallest absolute Gasteiger partial charge is 0.407 e. The molecule has 17 nitrogen and oxygen atoms in total. The first kappa shape index (κ1) is 39.1. The Kier molecular flexibility index (Phi) is 14.9. The average molecular weight is 677 g/mol. The van der Waals surface area contributed by atoms with Gasteiger partial charge in [0.25, 0.3) is 11.6 Å². The van der Waals surface area contributed by atoms with Gasteiger partial charge in [0.15, 0.2) is 0 Å². The van der Waals surface area contributed by atoms with Crippen LogP contribution in [-0.2, 0) is 28.7 Å². The summed E-state index contributed by atoms with van der Waals surface area (Å²) in [4.78, 5) is 99.5. The topological polar surface area (TPSA) is 241 Å². The molecule has 0 radical (unpaired) electrons. The molecular weight excluding hydrogens is 632 g/mol. The van der Waals surface area contributed by atoms with Crippen molar-refractivity contribution in [2.75, 3.05) is 19.7 Å². The van der Waals surface area contributed by atoms with Gasteiger partial charge >= 0.3 is 6.09 Å². The van der Waals surface area contributed by atoms with Crippen molar-refractivity contribution >= 4 is 47.0 Å². The molecule has 5 amide bonds. The second-order valence-electron chi connectivity index (χ2n) is 12.3. The molecule has 3 atom stereocenters. The van der Waals surface area contributed by atoms with Gasteiger partial charge in [-0.25, -0.2) is 4.79 Å². The Morgan fingerprint density at radius 1 is 0.958 bits per heavy atom. The molecular formula is C31H44N6O11. The maximum atomic E-state index is 13.5. The number of unbranched alkanes of at least 4 members (excludes halogenated alkanes) is 1. The molecule has 1 heterocycles. The number of nitro benzene ring substituents is 1. The number of nitrogens with zero attached hydrogens (tertiary/aromatic N) is 1. The molecule has 2 rings (SSSR count). The molecule has 0 saturated heterocycles. The zero-order chi connectivity index (χ0) is 36.0. The fourth-order valence-corrected chi connectivity index (χ4v) is 4.47. The highest BCUT2D eigenvalue weighted by molar-refractivity contribution is 6.01. The highest BCUT2D eigenvalue weighted by Crippen LogP contribution is 2.25. The zero-order valence-corrected chi connectivity index (χ0v) is 27.8. The average Bonchev–Trinajstić information content (AvgIpc) is 2.98. The van der Waals surface area contributed by atoms with Crippen LogP contribution >= 0.6 is 0 Å². The second-order valence-corrected chi connectivity index (χ2v) is 12.3. The summed E-state index contributed by atoms with van der Waals surface area (Å²) in [7, 11) is 0. The van der Waals surface area contributed by atoms with E-state index in [9.17, 15) is 43.7 Å². The van der Waals surface area contributed by atoms with E-state index in [1.807, 2.05) is 0 Å². The molecule has 0 spiro atoms. The SMILES string of the molecule is CC(=O)CCC1NC(=O)c2cc([N+](=O)[O-])ccc2OCC[C@@H](C(=O)NCC(C)=O)NC(=O)C(CCCCNC(=O)OC(C)(C)C)NC1=O. The van der Waals surface area contributed by atoms with Gasteiger partial charge in [-0.15, -0.1) is 0 Å². The number of benzene rings is 1. The van der Waals surface area contributed by atoms with E-state index in [0.717, 1.165) is 12.1 Å². The maximum absolute atomic E-state index is 13.5. The molecule has 5 N–H and O–H groups in total. The molecule has 2 unspecified atom stereocenters. The molecule has 1 aromatic carbocycles. The summed E-state index contributed by atoms with van der Waals surface area (Å²) in [5.74, 6) is -3.87. The molecule has 1 aliphatic rings. The van der Waals surface area contributed by atoms with E-state index in [4.69, 9.17) is 9.47 Å². The van der Waals surface area contributed by atoms with Crippen LogP contribution in [0.2, 0.25) is 0 Å². The number of carbonyl (C=O) groups is 7. The van der Waals surface area contributed by atoms with Crippen LogP contribution in [0.3, 0.4) is 0 Å². The van der Waals surface area contributed by atoms with Gasteiger partial charge < -0.3 is 40.9 Å². The number of hydrogen-bond acceptors (Lipinski definition) is 11. The molecule has 0 bridgehead atoms. The molecule has 0 fully saturated rings. The molecule has 1 aliphatic heterocycles. The van der Waals surface area contributed by atoms with Gasteiger partial charge in [0.2, 0.25) is 17.7 Å². The Hall–Kier alpha value is -5.09. The number of carbonyl (C=O) groups excluding carboxylic acids is 7. The van der Waals surface area contributed by atoms with Crippen LogP contribution in [0.1, 0.15) is 83.5 Å². The Labute approximate surface area is 277 Å². The summed E-state index contributed by atoms with van der Waals surface area (Å²) < 4.78 is 10.9. The minimum absolute atomic E-state index is 0.0499. The maximum Gasteiger partial charge on any atom is 0.407 e. The number of alkyl carbamates (subject to hydrolysis) is 1. The quantitative estimate of drug-likeness (QED) is 0.120. The number of ether oxygens (including phenoxy) is 2. The summed E-state index contributed by atoms with van der Waals surface area (Å²) in [6.45, 7) is 7.38. The number of nitro groups is 1. The van der Waals surface area contributed by atoms with Gasteiger partial charge in [0, 0.05) is 31.5 Å². The van der Waals surface area contributed by atoms with Crippen molar-refractivity contribution in [1.29, 1.82) is 0 Å². The summed E-state index contributed by atoms with van der Waals surface area (Å²) in [6.07, 6.45) is -0.271. The third kappa shape index (κ3) is 13.7. The lowest BCUT2D eigenvalue weighted by Gasteiger charge is -2.26. The van der Waals surface area contributed by atoms with Gasteiger partial charge in [-0.2, -0.15) is 0 Å². The number of fused-ring (bicyclic) bond motifs is 1. The van der Waals surface area contributed by atoms with Crippen LogP contribution in [0.4, 0.5) is 10.5 Å². The lowest BCUT2D eigenvalue weighted by atomic mass is 10.0. The van der Waals surface area contributed by atoms with E-state index in [1.54, 1.807) is 20.8 Å². The lowest BCUT2D eigenvalue weighted by Crippen LogP contribution is -2.57. The van der Waals surface area contributed by atoms with Crippen LogP contribution in [0.5, 0.6) is 5.75 Å². The normalized spacial score (nSPS) is 18.8. The summed E-state index contributed by atoms with van der Waals surface area (Å²) in [5.41, 5.74) is -1.38. The minimum Gasteiger partial charge on any atom is -0.493 e. The third-order valence-corrected chi connectivity index (χ3v) is 6.85. The summed E-state index contributed by atoms with van der Waals surface area (Å²) >= 11 is 0. The van der Waals surface area contributed by atoms with E-state index in [2.05, 4.69) is 26.6 Å². The number of non-ortho nitro benzene ring substituents is 1. The number of amides is 5. The molecule has 0 aromatic heterocycles. The van der Waals surface area contributed by atoms with Crippen molar-refractivity contribution in [3.63, 3.8) is 0 Å². The highest BCUT2D eigenvalue weighted by atomic mass is 16.6. The van der Waals surface area contributed by atoms with Gasteiger partial charge in [0.1, 0.15) is 41.0 Å². The van der Waals surface area contributed by atoms with E-state index in [0.29, 0.717) is 12.8 Å². The first-order chi connectivity index (χ1) is 22.5. The number of rotatable bonds is 12. The van der Waals surface area contributed by atoms with Gasteiger partial charge in [-0.1, -0.05) is 0 Å². The largest absolute Gasteiger partial charge is 0.493 e. The zero-order valence-electron chi connectivity index (χ0n) is 27.8. The summed E-state index contributed by atoms with van der Waals surface area (Å²) in [6, 6.07) is -0.519. The minimum atomic E-state index is -1.34. The monoisotopic (exact) mass is 676 g/mol. The second kappa shape index (κ2) is 18.3. The van der Waals surface area contributed by atoms with Crippen LogP contribution in [0, 0.1) is 10.1 Å². The van der Waals surface area contributed by atoms with Crippen molar-refractivity contribution in [1.82, 2.24) is 26.6 Å². The molecule has 48 heavy (non-hydrogen) atoms. The molecule has 264 valence electrons. The molecule has 17 heteroatoms. The fourth-order valence-electron chi connectivity index (χ4n) is 4.47. The number of nitrogens with one attached hydrogen (secondary N) is 5. The molecule has 0 aliphatic carbocycles. The van der Waals surface area contributed by atoms with E-state index in [1.165, 1.54) is 19.9 Å². The van der Waals surface area contributed by atoms with Crippen molar-refractivity contribution in [2.45, 2.75) is 96.9 Å². The Bertz CT molecular complexity index is 1390. The predicted molar refractivity (Wildman–Crippen MR) is 170 cm³/mol. The van der Waals surface area contributed by atoms with Gasteiger partial charge in [-0.3, -0.25) is 34.1 Å². The first-order valence-corrected chi connectivity index (χ1v) is 15.5. The van der Waals surface area contributed by atoms with E-state index in [-0.39, 0.29) is 68.3 Å². The van der Waals surface area contributed by atoms with Gasteiger partial charge in [0.05, 0.1) is 23.6 Å². The van der Waals surface area contributed by atoms with Crippen LogP contribution in [0.25, 0.3) is 0 Å². The Morgan fingerprint density at radius 3 is 2.25 bits per heavy atom. The van der Waals surface area contributed by atoms with Crippen molar-refractivity contribution in [2.24, 2.45) is 0 Å². The predicted octanol–water partition coefficient (Wildman–Crippen LogP) is 1.21. The summed E-state index contributed by atoms with van der Waals surface area (Å²) in [5, 5.41) is 24.2. The number of ketones is 2. The van der Waals surface area contributed by atoms with Crippen molar-refractivity contribution < 1.29 is 48.0 Å². The van der Waals surface area contributed by atoms with Crippen molar-refractivity contribution in [3.05, 3.63) is 33.9 Å². The Balaban J connectivity index is 2.40. The highest BCUT2D eigenvalue weighted by Gasteiger charge is 2.31. The van der Waals surface area contributed by atoms with Gasteiger partial charge in [-0.05, 0) is 66.4 Å². The Morgan fingerprint density at radius 2 is 1.62 bits per heavy atom. The van der Waals surface area contributed by atoms with Crippen molar-refractivity contribution in [3.8, 4) is 5.75 Å². The third-order valence-electron chi connectivity index (χ3n) is 6.85. The lowest BCUT2D eigenvalue weighted by molar-refractivity contribution is -0.384. The van der Waals surface area contributed by atoms with Crippen LogP contribution < -0.4 is 31.3 Å². The fraction of sp³-hybridized carbons (Fsp3) is 0.581. The van der Waals surface area contributed by atoms with Crippen LogP contribution in [-0.4, -0.2) is 89.6 Å². The number of hydrogen-bond donors (Lipinski definition) is 5. The first-order valence-electron chi connectivity index (χ1n) is 15.5. The molecule has 1 aromatic rings. The van der Waals surface area contributed by atoms with E-state index >= 15 is 0 Å².